The largest absolute Gasteiger partial charge is 0.481 e. The van der Waals surface area contributed by atoms with E-state index in [1.54, 1.807) is 36.4 Å². The number of unbranched alkanes of at least 4 members (excludes halogenated alkanes) is 1. The summed E-state index contributed by atoms with van der Waals surface area (Å²) < 4.78 is 6.26. The summed E-state index contributed by atoms with van der Waals surface area (Å²) in [5.41, 5.74) is 12.0. The highest BCUT2D eigenvalue weighted by molar-refractivity contribution is 6.05. The zero-order valence-corrected chi connectivity index (χ0v) is 19.6. The summed E-state index contributed by atoms with van der Waals surface area (Å²) in [5.74, 6) is -1.39. The number of hydrogen-bond donors (Lipinski definition) is 4. The Labute approximate surface area is 204 Å². The van der Waals surface area contributed by atoms with Crippen LogP contribution in [0.2, 0.25) is 0 Å². The van der Waals surface area contributed by atoms with E-state index in [0.717, 1.165) is 0 Å². The molecule has 0 aromatic heterocycles. The minimum Gasteiger partial charge on any atom is -0.481 e. The van der Waals surface area contributed by atoms with Gasteiger partial charge in [0.25, 0.3) is 5.91 Å². The summed E-state index contributed by atoms with van der Waals surface area (Å²) >= 11 is 0. The number of benzene rings is 2. The van der Waals surface area contributed by atoms with E-state index >= 15 is 0 Å². The Morgan fingerprint density at radius 3 is 2.43 bits per heavy atom. The van der Waals surface area contributed by atoms with Crippen molar-refractivity contribution in [1.29, 1.82) is 0 Å². The summed E-state index contributed by atoms with van der Waals surface area (Å²) in [6, 6.07) is 14.0. The Morgan fingerprint density at radius 2 is 1.74 bits per heavy atom. The number of fused-ring (bicyclic) bond motifs is 1. The smallest absolute Gasteiger partial charge is 0.254 e. The predicted octanol–water partition coefficient (Wildman–Crippen LogP) is 0.757. The van der Waals surface area contributed by atoms with Crippen molar-refractivity contribution >= 4 is 29.3 Å². The molecule has 0 saturated carbocycles. The van der Waals surface area contributed by atoms with Crippen molar-refractivity contribution < 1.29 is 23.9 Å². The molecule has 10 nitrogen and oxygen atoms in total. The van der Waals surface area contributed by atoms with Gasteiger partial charge in [0, 0.05) is 13.0 Å². The summed E-state index contributed by atoms with van der Waals surface area (Å²) in [7, 11) is 0. The molecule has 0 bridgehead atoms. The number of anilines is 1. The van der Waals surface area contributed by atoms with Crippen molar-refractivity contribution in [2.24, 2.45) is 11.5 Å². The van der Waals surface area contributed by atoms with E-state index in [1.165, 1.54) is 11.8 Å². The lowest BCUT2D eigenvalue weighted by atomic mass is 10.0. The van der Waals surface area contributed by atoms with Crippen LogP contribution >= 0.6 is 0 Å². The average Bonchev–Trinajstić information content (AvgIpc) is 2.94. The van der Waals surface area contributed by atoms with Gasteiger partial charge in [0.1, 0.15) is 18.3 Å². The summed E-state index contributed by atoms with van der Waals surface area (Å²) in [6.07, 6.45) is 0.534. The molecule has 0 unspecified atom stereocenters. The van der Waals surface area contributed by atoms with Gasteiger partial charge in [-0.05, 0) is 37.5 Å². The molecule has 2 aromatic carbocycles. The molecule has 0 fully saturated rings. The lowest BCUT2D eigenvalue weighted by Crippen LogP contribution is -2.55. The lowest BCUT2D eigenvalue weighted by molar-refractivity contribution is -0.130. The van der Waals surface area contributed by atoms with Gasteiger partial charge in [-0.2, -0.15) is 0 Å². The number of ether oxygens (including phenoxy) is 1. The number of para-hydroxylation sites is 2. The molecule has 0 radical (unpaired) electrons. The van der Waals surface area contributed by atoms with Crippen LogP contribution in [-0.4, -0.2) is 48.8 Å². The molecule has 2 aromatic rings. The molecule has 6 N–H and O–H groups in total. The Morgan fingerprint density at radius 1 is 1.06 bits per heavy atom. The standard InChI is InChI=1S/C25H31N5O5/c1-16(26)24(33)29-22-23(17-9-3-2-4-10-17)35-19-12-6-5-11-18(19)30(25(22)34)15-21(32)28-14-8-7-13-20(27)31/h2-6,9-12,16,22-23H,7-8,13-15,26H2,1H3,(H2,27,31)(H,28,32)(H,29,33)/t16-,22-,23+/m0/s1. The number of carbonyl (C=O) groups is 4. The maximum Gasteiger partial charge on any atom is 0.254 e. The van der Waals surface area contributed by atoms with Crippen LogP contribution in [0.4, 0.5) is 5.69 Å². The van der Waals surface area contributed by atoms with Crippen molar-refractivity contribution in [3.63, 3.8) is 0 Å². The second-order valence-corrected chi connectivity index (χ2v) is 8.39. The number of nitrogens with one attached hydrogen (secondary N) is 2. The minimum absolute atomic E-state index is 0.243. The fraction of sp³-hybridized carbons (Fsp3) is 0.360. The number of hydrogen-bond acceptors (Lipinski definition) is 6. The first-order chi connectivity index (χ1) is 16.8. The second kappa shape index (κ2) is 12.0. The van der Waals surface area contributed by atoms with Crippen LogP contribution in [0.5, 0.6) is 5.75 Å². The first kappa shape index (κ1) is 25.7. The molecule has 1 aliphatic rings. The van der Waals surface area contributed by atoms with Crippen molar-refractivity contribution in [3.05, 3.63) is 60.2 Å². The van der Waals surface area contributed by atoms with E-state index < -0.39 is 35.9 Å². The normalized spacial score (nSPS) is 18.0. The number of carbonyl (C=O) groups excluding carboxylic acids is 4. The van der Waals surface area contributed by atoms with Gasteiger partial charge in [-0.25, -0.2) is 0 Å². The maximum absolute atomic E-state index is 13.8. The van der Waals surface area contributed by atoms with Crippen molar-refractivity contribution in [2.45, 2.75) is 44.4 Å². The van der Waals surface area contributed by atoms with E-state index in [0.29, 0.717) is 36.4 Å². The highest BCUT2D eigenvalue weighted by atomic mass is 16.5. The molecule has 35 heavy (non-hydrogen) atoms. The Bertz CT molecular complexity index is 1060. The molecule has 1 aliphatic heterocycles. The number of nitrogens with two attached hydrogens (primary N) is 2. The highest BCUT2D eigenvalue weighted by Gasteiger charge is 2.41. The molecular weight excluding hydrogens is 450 g/mol. The quantitative estimate of drug-likeness (QED) is 0.367. The van der Waals surface area contributed by atoms with Gasteiger partial charge in [-0.15, -0.1) is 0 Å². The summed E-state index contributed by atoms with van der Waals surface area (Å²) in [4.78, 5) is 51.2. The Balaban J connectivity index is 1.87. The van der Waals surface area contributed by atoms with E-state index in [4.69, 9.17) is 16.2 Å². The van der Waals surface area contributed by atoms with Gasteiger partial charge in [0.05, 0.1) is 11.7 Å². The van der Waals surface area contributed by atoms with Crippen LogP contribution in [0.1, 0.15) is 37.9 Å². The molecule has 0 aliphatic carbocycles. The number of amides is 4. The Kier molecular flexibility index (Phi) is 8.80. The van der Waals surface area contributed by atoms with Gasteiger partial charge in [-0.1, -0.05) is 42.5 Å². The predicted molar refractivity (Wildman–Crippen MR) is 130 cm³/mol. The van der Waals surface area contributed by atoms with Crippen molar-refractivity contribution in [2.75, 3.05) is 18.0 Å². The molecular formula is C25H31N5O5. The molecule has 3 rings (SSSR count). The molecule has 0 saturated heterocycles. The minimum atomic E-state index is -1.12. The van der Waals surface area contributed by atoms with E-state index in [1.807, 2.05) is 18.2 Å². The number of primary amides is 1. The van der Waals surface area contributed by atoms with Gasteiger partial charge >= 0.3 is 0 Å². The Hall–Kier alpha value is -3.92. The second-order valence-electron chi connectivity index (χ2n) is 8.39. The van der Waals surface area contributed by atoms with Crippen LogP contribution in [0.15, 0.2) is 54.6 Å². The fourth-order valence-electron chi connectivity index (χ4n) is 3.74. The summed E-state index contributed by atoms with van der Waals surface area (Å²) in [6.45, 7) is 1.58. The SMILES string of the molecule is C[C@H](N)C(=O)N[C@@H]1C(=O)N(CC(=O)NCCCCC(N)=O)c2ccccc2O[C@@H]1c1ccccc1. The van der Waals surface area contributed by atoms with Gasteiger partial charge in [0.2, 0.25) is 17.7 Å². The maximum atomic E-state index is 13.8. The molecule has 10 heteroatoms. The third kappa shape index (κ3) is 6.80. The molecule has 3 atom stereocenters. The molecule has 4 amide bonds. The first-order valence-corrected chi connectivity index (χ1v) is 11.5. The molecule has 1 heterocycles. The van der Waals surface area contributed by atoms with Crippen LogP contribution in [-0.2, 0) is 19.2 Å². The van der Waals surface area contributed by atoms with Crippen LogP contribution in [0.3, 0.4) is 0 Å². The monoisotopic (exact) mass is 481 g/mol. The average molecular weight is 482 g/mol. The van der Waals surface area contributed by atoms with E-state index in [-0.39, 0.29) is 18.9 Å². The zero-order chi connectivity index (χ0) is 25.4. The third-order valence-electron chi connectivity index (χ3n) is 5.56. The van der Waals surface area contributed by atoms with E-state index in [9.17, 15) is 19.2 Å². The third-order valence-corrected chi connectivity index (χ3v) is 5.56. The van der Waals surface area contributed by atoms with Crippen molar-refractivity contribution in [3.8, 4) is 5.75 Å². The fourth-order valence-corrected chi connectivity index (χ4v) is 3.74. The van der Waals surface area contributed by atoms with E-state index in [2.05, 4.69) is 10.6 Å². The molecule has 186 valence electrons. The number of nitrogens with zero attached hydrogens (tertiary/aromatic N) is 1. The van der Waals surface area contributed by atoms with Gasteiger partial charge < -0.3 is 26.8 Å². The zero-order valence-electron chi connectivity index (χ0n) is 19.6. The summed E-state index contributed by atoms with van der Waals surface area (Å²) in [5, 5.41) is 5.47. The van der Waals surface area contributed by atoms with Gasteiger partial charge in [-0.3, -0.25) is 24.1 Å². The number of rotatable bonds is 10. The van der Waals surface area contributed by atoms with Crippen LogP contribution in [0.25, 0.3) is 0 Å². The first-order valence-electron chi connectivity index (χ1n) is 11.5. The molecule has 0 spiro atoms. The highest BCUT2D eigenvalue weighted by Crippen LogP contribution is 2.37. The van der Waals surface area contributed by atoms with Crippen LogP contribution < -0.4 is 31.7 Å². The van der Waals surface area contributed by atoms with Crippen LogP contribution in [0, 0.1) is 0 Å². The lowest BCUT2D eigenvalue weighted by Gasteiger charge is -2.28. The topological polar surface area (TPSA) is 157 Å². The van der Waals surface area contributed by atoms with Crippen molar-refractivity contribution in [1.82, 2.24) is 10.6 Å². The van der Waals surface area contributed by atoms with Gasteiger partial charge in [0.15, 0.2) is 6.10 Å².